The fourth-order valence-electron chi connectivity index (χ4n) is 3.08. The van der Waals surface area contributed by atoms with E-state index in [0.29, 0.717) is 18.5 Å². The van der Waals surface area contributed by atoms with Crippen LogP contribution in [0, 0.1) is 11.7 Å². The van der Waals surface area contributed by atoms with Crippen molar-refractivity contribution in [2.24, 2.45) is 5.92 Å². The van der Waals surface area contributed by atoms with E-state index in [-0.39, 0.29) is 30.4 Å². The Labute approximate surface area is 168 Å². The largest absolute Gasteiger partial charge is 0.347 e. The number of aromatic nitrogens is 1. The summed E-state index contributed by atoms with van der Waals surface area (Å²) in [6, 6.07) is 7.93. The first-order valence-corrected chi connectivity index (χ1v) is 10.5. The summed E-state index contributed by atoms with van der Waals surface area (Å²) in [5.74, 6) is -1.88. The van der Waals surface area contributed by atoms with Gasteiger partial charge in [0.1, 0.15) is 5.82 Å². The van der Waals surface area contributed by atoms with Crippen molar-refractivity contribution in [3.05, 3.63) is 54.6 Å². The van der Waals surface area contributed by atoms with Crippen LogP contribution in [-0.4, -0.2) is 49.2 Å². The van der Waals surface area contributed by atoms with Crippen molar-refractivity contribution in [3.63, 3.8) is 0 Å². The predicted molar refractivity (Wildman–Crippen MR) is 104 cm³/mol. The number of nitrogens with one attached hydrogen (secondary N) is 2. The molecule has 1 aromatic heterocycles. The first-order chi connectivity index (χ1) is 13.9. The lowest BCUT2D eigenvalue weighted by molar-refractivity contribution is -0.128. The molecule has 1 aromatic carbocycles. The van der Waals surface area contributed by atoms with Crippen molar-refractivity contribution < 1.29 is 22.4 Å². The van der Waals surface area contributed by atoms with Gasteiger partial charge in [-0.2, -0.15) is 4.31 Å². The summed E-state index contributed by atoms with van der Waals surface area (Å²) in [4.78, 5) is 28.2. The van der Waals surface area contributed by atoms with Crippen LogP contribution >= 0.6 is 0 Å². The molecule has 10 heteroatoms. The summed E-state index contributed by atoms with van der Waals surface area (Å²) < 4.78 is 39.8. The van der Waals surface area contributed by atoms with Crippen LogP contribution in [0.25, 0.3) is 0 Å². The van der Waals surface area contributed by atoms with Crippen molar-refractivity contribution in [1.82, 2.24) is 14.6 Å². The van der Waals surface area contributed by atoms with Gasteiger partial charge in [0.05, 0.1) is 29.2 Å². The number of carbonyl (C=O) groups excluding carboxylic acids is 2. The molecule has 154 valence electrons. The molecule has 3 rings (SSSR count). The second-order valence-electron chi connectivity index (χ2n) is 6.66. The van der Waals surface area contributed by atoms with Gasteiger partial charge in [-0.15, -0.1) is 0 Å². The smallest absolute Gasteiger partial charge is 0.243 e. The minimum absolute atomic E-state index is 0.00969. The molecule has 0 spiro atoms. The Morgan fingerprint density at radius 3 is 2.66 bits per heavy atom. The van der Waals surface area contributed by atoms with E-state index >= 15 is 0 Å². The van der Waals surface area contributed by atoms with E-state index in [1.54, 1.807) is 18.3 Å². The molecule has 2 aromatic rings. The van der Waals surface area contributed by atoms with Crippen molar-refractivity contribution in [2.45, 2.75) is 17.7 Å². The highest BCUT2D eigenvalue weighted by Gasteiger charge is 2.33. The van der Waals surface area contributed by atoms with E-state index in [4.69, 9.17) is 0 Å². The highest BCUT2D eigenvalue weighted by atomic mass is 32.2. The Hall–Kier alpha value is -2.85. The maximum Gasteiger partial charge on any atom is 0.243 e. The van der Waals surface area contributed by atoms with Gasteiger partial charge in [-0.3, -0.25) is 14.6 Å². The number of carbonyl (C=O) groups is 2. The minimum atomic E-state index is -3.82. The number of hydrogen-bond donors (Lipinski definition) is 2. The van der Waals surface area contributed by atoms with Crippen molar-refractivity contribution in [2.75, 3.05) is 25.0 Å². The Morgan fingerprint density at radius 1 is 1.21 bits per heavy atom. The number of piperidine rings is 1. The molecule has 29 heavy (non-hydrogen) atoms. The Balaban J connectivity index is 1.56. The number of halogens is 1. The van der Waals surface area contributed by atoms with Crippen LogP contribution in [0.5, 0.6) is 0 Å². The monoisotopic (exact) mass is 420 g/mol. The maximum absolute atomic E-state index is 13.1. The molecule has 0 aliphatic carbocycles. The average Bonchev–Trinajstić information content (AvgIpc) is 2.73. The summed E-state index contributed by atoms with van der Waals surface area (Å²) in [5.41, 5.74) is 0.515. The molecule has 1 fully saturated rings. The number of amides is 2. The normalized spacial score (nSPS) is 17.5. The zero-order chi connectivity index (χ0) is 20.9. The maximum atomic E-state index is 13.1. The second-order valence-corrected chi connectivity index (χ2v) is 8.60. The van der Waals surface area contributed by atoms with Gasteiger partial charge in [0.15, 0.2) is 0 Å². The fourth-order valence-corrected chi connectivity index (χ4v) is 4.61. The summed E-state index contributed by atoms with van der Waals surface area (Å²) in [6.07, 6.45) is 4.09. The zero-order valence-electron chi connectivity index (χ0n) is 15.5. The molecular weight excluding hydrogens is 399 g/mol. The van der Waals surface area contributed by atoms with Crippen LogP contribution in [0.2, 0.25) is 0 Å². The van der Waals surface area contributed by atoms with E-state index in [2.05, 4.69) is 15.6 Å². The van der Waals surface area contributed by atoms with E-state index in [1.807, 2.05) is 0 Å². The standard InChI is InChI=1S/C19H21FN4O4S/c20-15-5-7-17(8-6-15)29(27,28)24-10-2-3-14(13-24)19(26)22-12-18(25)23-16-4-1-9-21-11-16/h1,4-9,11,14H,2-3,10,12-13H2,(H,22,26)(H,23,25). The van der Waals surface area contributed by atoms with Crippen molar-refractivity contribution >= 4 is 27.5 Å². The molecule has 1 saturated heterocycles. The first-order valence-electron chi connectivity index (χ1n) is 9.09. The van der Waals surface area contributed by atoms with Crippen LogP contribution in [0.15, 0.2) is 53.7 Å². The highest BCUT2D eigenvalue weighted by molar-refractivity contribution is 7.89. The molecule has 8 nitrogen and oxygen atoms in total. The molecule has 2 heterocycles. The van der Waals surface area contributed by atoms with Crippen LogP contribution in [0.4, 0.5) is 10.1 Å². The Kier molecular flexibility index (Phi) is 6.55. The number of pyridine rings is 1. The Bertz CT molecular complexity index is 967. The van der Waals surface area contributed by atoms with Gasteiger partial charge in [0.25, 0.3) is 0 Å². The molecule has 0 saturated carbocycles. The van der Waals surface area contributed by atoms with Gasteiger partial charge in [-0.05, 0) is 49.2 Å². The average molecular weight is 420 g/mol. The highest BCUT2D eigenvalue weighted by Crippen LogP contribution is 2.24. The quantitative estimate of drug-likeness (QED) is 0.734. The van der Waals surface area contributed by atoms with Crippen molar-refractivity contribution in [1.29, 1.82) is 0 Å². The topological polar surface area (TPSA) is 108 Å². The van der Waals surface area contributed by atoms with Crippen LogP contribution in [0.3, 0.4) is 0 Å². The third-order valence-electron chi connectivity index (χ3n) is 4.57. The summed E-state index contributed by atoms with van der Waals surface area (Å²) in [6.45, 7) is 0.0652. The van der Waals surface area contributed by atoms with Gasteiger partial charge < -0.3 is 10.6 Å². The number of rotatable bonds is 6. The van der Waals surface area contributed by atoms with Gasteiger partial charge >= 0.3 is 0 Å². The molecule has 1 atom stereocenters. The molecule has 2 amide bonds. The summed E-state index contributed by atoms with van der Waals surface area (Å²) in [5, 5.41) is 5.16. The number of benzene rings is 1. The van der Waals surface area contributed by atoms with Crippen LogP contribution in [0.1, 0.15) is 12.8 Å². The zero-order valence-corrected chi connectivity index (χ0v) is 16.4. The number of sulfonamides is 1. The van der Waals surface area contributed by atoms with E-state index in [1.165, 1.54) is 22.6 Å². The third kappa shape index (κ3) is 5.36. The minimum Gasteiger partial charge on any atom is -0.347 e. The lowest BCUT2D eigenvalue weighted by Crippen LogP contribution is -2.46. The third-order valence-corrected chi connectivity index (χ3v) is 6.45. The fraction of sp³-hybridized carbons (Fsp3) is 0.316. The van der Waals surface area contributed by atoms with E-state index in [0.717, 1.165) is 12.1 Å². The number of anilines is 1. The Morgan fingerprint density at radius 2 is 1.97 bits per heavy atom. The molecule has 0 radical (unpaired) electrons. The molecule has 0 bridgehead atoms. The molecule has 1 aliphatic rings. The second kappa shape index (κ2) is 9.10. The van der Waals surface area contributed by atoms with E-state index < -0.39 is 27.7 Å². The van der Waals surface area contributed by atoms with Crippen LogP contribution < -0.4 is 10.6 Å². The molecular formula is C19H21FN4O4S. The predicted octanol–water partition coefficient (Wildman–Crippen LogP) is 1.38. The lowest BCUT2D eigenvalue weighted by atomic mass is 9.99. The van der Waals surface area contributed by atoms with Gasteiger partial charge in [0, 0.05) is 19.3 Å². The molecule has 2 N–H and O–H groups in total. The first kappa shape index (κ1) is 20.9. The van der Waals surface area contributed by atoms with E-state index in [9.17, 15) is 22.4 Å². The van der Waals surface area contributed by atoms with Gasteiger partial charge in [0.2, 0.25) is 21.8 Å². The van der Waals surface area contributed by atoms with Gasteiger partial charge in [-0.25, -0.2) is 12.8 Å². The van der Waals surface area contributed by atoms with Crippen LogP contribution in [-0.2, 0) is 19.6 Å². The summed E-state index contributed by atoms with van der Waals surface area (Å²) in [7, 11) is -3.82. The van der Waals surface area contributed by atoms with Crippen molar-refractivity contribution in [3.8, 4) is 0 Å². The summed E-state index contributed by atoms with van der Waals surface area (Å²) >= 11 is 0. The lowest BCUT2D eigenvalue weighted by Gasteiger charge is -2.31. The molecule has 1 unspecified atom stereocenters. The molecule has 1 aliphatic heterocycles. The SMILES string of the molecule is O=C(CNC(=O)C1CCCN(S(=O)(=O)c2ccc(F)cc2)C1)Nc1cccnc1. The number of nitrogens with zero attached hydrogens (tertiary/aromatic N) is 2. The van der Waals surface area contributed by atoms with Gasteiger partial charge in [-0.1, -0.05) is 0 Å². The number of hydrogen-bond acceptors (Lipinski definition) is 5.